The molecule has 1 fully saturated rings. The minimum absolute atomic E-state index is 0.0238. The molecule has 2 rings (SSSR count). The van der Waals surface area contributed by atoms with E-state index in [0.29, 0.717) is 19.5 Å². The summed E-state index contributed by atoms with van der Waals surface area (Å²) in [5.41, 5.74) is 0. The molecule has 0 spiro atoms. The van der Waals surface area contributed by atoms with Crippen LogP contribution in [0.2, 0.25) is 5.02 Å². The second kappa shape index (κ2) is 6.39. The lowest BCUT2D eigenvalue weighted by Crippen LogP contribution is -2.40. The van der Waals surface area contributed by atoms with Gasteiger partial charge in [0.25, 0.3) is 0 Å². The smallest absolute Gasteiger partial charge is 0.244 e. The van der Waals surface area contributed by atoms with Gasteiger partial charge in [0, 0.05) is 19.7 Å². The fourth-order valence-electron chi connectivity index (χ4n) is 2.48. The zero-order valence-corrected chi connectivity index (χ0v) is 12.5. The Bertz CT molecular complexity index is 577. The number of rotatable bonds is 4. The molecule has 1 aromatic carbocycles. The van der Waals surface area contributed by atoms with Crippen LogP contribution in [0.1, 0.15) is 19.3 Å². The van der Waals surface area contributed by atoms with E-state index in [1.165, 1.54) is 10.4 Å². The van der Waals surface area contributed by atoms with E-state index in [-0.39, 0.29) is 22.4 Å². The van der Waals surface area contributed by atoms with Gasteiger partial charge in [0.1, 0.15) is 10.7 Å². The van der Waals surface area contributed by atoms with Crippen LogP contribution in [0, 0.1) is 11.7 Å². The highest BCUT2D eigenvalue weighted by molar-refractivity contribution is 7.89. The number of benzene rings is 1. The first-order valence-electron chi connectivity index (χ1n) is 6.51. The molecule has 7 heteroatoms. The molecule has 1 aromatic rings. The van der Waals surface area contributed by atoms with Crippen LogP contribution in [-0.2, 0) is 10.0 Å². The first-order chi connectivity index (χ1) is 9.45. The molecule has 1 unspecified atom stereocenters. The van der Waals surface area contributed by atoms with Gasteiger partial charge in [-0.05, 0) is 43.4 Å². The van der Waals surface area contributed by atoms with Crippen molar-refractivity contribution in [2.75, 3.05) is 19.7 Å². The van der Waals surface area contributed by atoms with Crippen molar-refractivity contribution in [2.24, 2.45) is 5.92 Å². The largest absolute Gasteiger partial charge is 0.396 e. The molecule has 0 amide bonds. The van der Waals surface area contributed by atoms with Crippen molar-refractivity contribution in [3.05, 3.63) is 29.0 Å². The van der Waals surface area contributed by atoms with E-state index in [9.17, 15) is 12.8 Å². The van der Waals surface area contributed by atoms with Gasteiger partial charge in [-0.3, -0.25) is 0 Å². The highest BCUT2D eigenvalue weighted by atomic mass is 35.5. The Morgan fingerprint density at radius 3 is 2.90 bits per heavy atom. The quantitative estimate of drug-likeness (QED) is 0.925. The second-order valence-electron chi connectivity index (χ2n) is 4.96. The molecular weight excluding hydrogens is 305 g/mol. The number of hydrogen-bond donors (Lipinski definition) is 1. The zero-order chi connectivity index (χ0) is 14.8. The fourth-order valence-corrected chi connectivity index (χ4v) is 4.52. The third-order valence-corrected chi connectivity index (χ3v) is 5.88. The topological polar surface area (TPSA) is 57.6 Å². The van der Waals surface area contributed by atoms with Crippen LogP contribution in [0.5, 0.6) is 0 Å². The van der Waals surface area contributed by atoms with E-state index >= 15 is 0 Å². The van der Waals surface area contributed by atoms with Crippen LogP contribution >= 0.6 is 11.6 Å². The predicted octanol–water partition coefficient (Wildman–Crippen LogP) is 2.26. The van der Waals surface area contributed by atoms with Crippen LogP contribution in [0.4, 0.5) is 4.39 Å². The maximum Gasteiger partial charge on any atom is 0.244 e. The number of sulfonamides is 1. The van der Waals surface area contributed by atoms with Gasteiger partial charge in [-0.2, -0.15) is 4.31 Å². The first-order valence-corrected chi connectivity index (χ1v) is 8.33. The molecular formula is C13H17ClFNO3S. The van der Waals surface area contributed by atoms with E-state index in [4.69, 9.17) is 16.7 Å². The summed E-state index contributed by atoms with van der Waals surface area (Å²) in [7, 11) is -3.79. The average Bonchev–Trinajstić information content (AvgIpc) is 2.42. The summed E-state index contributed by atoms with van der Waals surface area (Å²) in [4.78, 5) is -0.191. The van der Waals surface area contributed by atoms with Gasteiger partial charge in [-0.25, -0.2) is 12.8 Å². The Kier molecular flexibility index (Phi) is 5.01. The van der Waals surface area contributed by atoms with Gasteiger partial charge in [0.05, 0.1) is 5.02 Å². The number of piperidine rings is 1. The van der Waals surface area contributed by atoms with E-state index in [1.807, 2.05) is 0 Å². The lowest BCUT2D eigenvalue weighted by Gasteiger charge is -2.31. The summed E-state index contributed by atoms with van der Waals surface area (Å²) in [5, 5.41) is 8.99. The second-order valence-corrected chi connectivity index (χ2v) is 7.27. The predicted molar refractivity (Wildman–Crippen MR) is 74.6 cm³/mol. The third kappa shape index (κ3) is 3.31. The lowest BCUT2D eigenvalue weighted by molar-refractivity contribution is 0.203. The fraction of sp³-hybridized carbons (Fsp3) is 0.538. The van der Waals surface area contributed by atoms with Crippen LogP contribution in [-0.4, -0.2) is 37.5 Å². The van der Waals surface area contributed by atoms with Gasteiger partial charge in [-0.15, -0.1) is 0 Å². The Morgan fingerprint density at radius 1 is 1.45 bits per heavy atom. The lowest BCUT2D eigenvalue weighted by atomic mass is 9.97. The van der Waals surface area contributed by atoms with Crippen LogP contribution in [0.15, 0.2) is 23.1 Å². The summed E-state index contributed by atoms with van der Waals surface area (Å²) in [6, 6.07) is 3.33. The Morgan fingerprint density at radius 2 is 2.20 bits per heavy atom. The summed E-state index contributed by atoms with van der Waals surface area (Å²) < 4.78 is 39.6. The molecule has 0 saturated carbocycles. The van der Waals surface area contributed by atoms with Crippen LogP contribution in [0.25, 0.3) is 0 Å². The monoisotopic (exact) mass is 321 g/mol. The summed E-state index contributed by atoms with van der Waals surface area (Å²) in [5.74, 6) is -0.493. The van der Waals surface area contributed by atoms with Crippen molar-refractivity contribution >= 4 is 21.6 Å². The molecule has 1 saturated heterocycles. The molecule has 0 bridgehead atoms. The van der Waals surface area contributed by atoms with E-state index in [1.54, 1.807) is 0 Å². The Hall–Kier alpha value is -0.690. The maximum atomic E-state index is 13.3. The minimum atomic E-state index is -3.79. The summed E-state index contributed by atoms with van der Waals surface area (Å²) in [6.07, 6.45) is 2.20. The maximum absolute atomic E-state index is 13.3. The highest BCUT2D eigenvalue weighted by Crippen LogP contribution is 2.29. The zero-order valence-electron chi connectivity index (χ0n) is 10.9. The molecule has 1 heterocycles. The van der Waals surface area contributed by atoms with Crippen molar-refractivity contribution in [3.63, 3.8) is 0 Å². The summed E-state index contributed by atoms with van der Waals surface area (Å²) >= 11 is 5.89. The van der Waals surface area contributed by atoms with Crippen molar-refractivity contribution < 1.29 is 17.9 Å². The van der Waals surface area contributed by atoms with E-state index < -0.39 is 15.8 Å². The standard InChI is InChI=1S/C13H17ClFNO3S/c14-12-4-3-11(15)8-13(12)20(18,19)16-6-1-2-10(9-16)5-7-17/h3-4,8,10,17H,1-2,5-7,9H2. The van der Waals surface area contributed by atoms with Gasteiger partial charge < -0.3 is 5.11 Å². The van der Waals surface area contributed by atoms with Crippen LogP contribution < -0.4 is 0 Å². The normalized spacial score (nSPS) is 21.1. The molecule has 0 aromatic heterocycles. The molecule has 20 heavy (non-hydrogen) atoms. The molecule has 1 atom stereocenters. The van der Waals surface area contributed by atoms with E-state index in [2.05, 4.69) is 0 Å². The van der Waals surface area contributed by atoms with Gasteiger partial charge in [-0.1, -0.05) is 11.6 Å². The Labute approximate surface area is 123 Å². The average molecular weight is 322 g/mol. The number of aliphatic hydroxyl groups is 1. The number of aliphatic hydroxyl groups excluding tert-OH is 1. The molecule has 4 nitrogen and oxygen atoms in total. The SMILES string of the molecule is O=S(=O)(c1cc(F)ccc1Cl)N1CCCC(CCO)C1. The molecule has 0 radical (unpaired) electrons. The van der Waals surface area contributed by atoms with Gasteiger partial charge >= 0.3 is 0 Å². The molecule has 1 aliphatic heterocycles. The van der Waals surface area contributed by atoms with Gasteiger partial charge in [0.2, 0.25) is 10.0 Å². The molecule has 1 aliphatic rings. The van der Waals surface area contributed by atoms with Gasteiger partial charge in [0.15, 0.2) is 0 Å². The molecule has 1 N–H and O–H groups in total. The van der Waals surface area contributed by atoms with E-state index in [0.717, 1.165) is 25.0 Å². The van der Waals surface area contributed by atoms with Crippen molar-refractivity contribution in [1.29, 1.82) is 0 Å². The van der Waals surface area contributed by atoms with Crippen molar-refractivity contribution in [1.82, 2.24) is 4.31 Å². The van der Waals surface area contributed by atoms with Crippen molar-refractivity contribution in [3.8, 4) is 0 Å². The number of hydrogen-bond acceptors (Lipinski definition) is 3. The summed E-state index contributed by atoms with van der Waals surface area (Å²) in [6.45, 7) is 0.784. The van der Waals surface area contributed by atoms with Crippen molar-refractivity contribution in [2.45, 2.75) is 24.2 Å². The number of halogens is 2. The Balaban J connectivity index is 2.27. The molecule has 112 valence electrons. The first kappa shape index (κ1) is 15.7. The minimum Gasteiger partial charge on any atom is -0.396 e. The molecule has 0 aliphatic carbocycles. The highest BCUT2D eigenvalue weighted by Gasteiger charge is 2.31. The number of nitrogens with zero attached hydrogens (tertiary/aromatic N) is 1. The third-order valence-electron chi connectivity index (χ3n) is 3.53. The van der Waals surface area contributed by atoms with Crippen LogP contribution in [0.3, 0.4) is 0 Å².